The van der Waals surface area contributed by atoms with Crippen molar-refractivity contribution in [3.05, 3.63) is 28.2 Å². The molecule has 0 aromatic heterocycles. The van der Waals surface area contributed by atoms with E-state index in [0.29, 0.717) is 16.0 Å². The van der Waals surface area contributed by atoms with Gasteiger partial charge in [0.05, 0.1) is 16.7 Å². The molecule has 1 N–H and O–H groups in total. The Balaban J connectivity index is 1.86. The maximum atomic E-state index is 5.91. The van der Waals surface area contributed by atoms with Gasteiger partial charge in [-0.1, -0.05) is 23.2 Å². The zero-order chi connectivity index (χ0) is 11.4. The van der Waals surface area contributed by atoms with E-state index in [0.717, 1.165) is 25.4 Å². The summed E-state index contributed by atoms with van der Waals surface area (Å²) in [7, 11) is 0. The zero-order valence-corrected chi connectivity index (χ0v) is 10.5. The molecule has 4 heteroatoms. The molecular weight excluding hydrogens is 245 g/mol. The van der Waals surface area contributed by atoms with E-state index >= 15 is 0 Å². The van der Waals surface area contributed by atoms with Crippen LogP contribution < -0.4 is 10.1 Å². The summed E-state index contributed by atoms with van der Waals surface area (Å²) in [6, 6.07) is 5.39. The highest BCUT2D eigenvalue weighted by molar-refractivity contribution is 6.42. The van der Waals surface area contributed by atoms with Crippen molar-refractivity contribution in [2.24, 2.45) is 5.92 Å². The third kappa shape index (κ3) is 3.27. The highest BCUT2D eigenvalue weighted by atomic mass is 35.5. The number of hydrogen-bond acceptors (Lipinski definition) is 2. The molecule has 0 unspecified atom stereocenters. The molecule has 0 aliphatic carbocycles. The Morgan fingerprint density at radius 2 is 1.94 bits per heavy atom. The molecule has 0 amide bonds. The van der Waals surface area contributed by atoms with E-state index in [2.05, 4.69) is 5.32 Å². The maximum Gasteiger partial charge on any atom is 0.120 e. The summed E-state index contributed by atoms with van der Waals surface area (Å²) < 4.78 is 5.71. The zero-order valence-electron chi connectivity index (χ0n) is 9.01. The lowest BCUT2D eigenvalue weighted by molar-refractivity contribution is 0.215. The molecule has 1 aromatic carbocycles. The second-order valence-electron chi connectivity index (χ2n) is 4.08. The van der Waals surface area contributed by atoms with E-state index in [1.165, 1.54) is 12.8 Å². The summed E-state index contributed by atoms with van der Waals surface area (Å²) in [6.07, 6.45) is 2.36. The summed E-state index contributed by atoms with van der Waals surface area (Å²) in [5.74, 6) is 1.45. The Kier molecular flexibility index (Phi) is 4.33. The van der Waals surface area contributed by atoms with Crippen LogP contribution >= 0.6 is 23.2 Å². The number of piperidine rings is 1. The largest absolute Gasteiger partial charge is 0.493 e. The first-order chi connectivity index (χ1) is 7.75. The first-order valence-electron chi connectivity index (χ1n) is 5.54. The molecule has 0 atom stereocenters. The lowest BCUT2D eigenvalue weighted by Gasteiger charge is -2.22. The third-order valence-electron chi connectivity index (χ3n) is 2.84. The first-order valence-corrected chi connectivity index (χ1v) is 6.30. The van der Waals surface area contributed by atoms with Gasteiger partial charge in [0, 0.05) is 6.07 Å². The standard InChI is InChI=1S/C12H15Cl2NO/c13-11-2-1-10(7-12(11)14)16-8-9-3-5-15-6-4-9/h1-2,7,9,15H,3-6,8H2. The van der Waals surface area contributed by atoms with Gasteiger partial charge in [-0.3, -0.25) is 0 Å². The average molecular weight is 260 g/mol. The van der Waals surface area contributed by atoms with Gasteiger partial charge in [0.15, 0.2) is 0 Å². The summed E-state index contributed by atoms with van der Waals surface area (Å²) in [5, 5.41) is 4.45. The topological polar surface area (TPSA) is 21.3 Å². The Labute approximate surface area is 106 Å². The van der Waals surface area contributed by atoms with Gasteiger partial charge >= 0.3 is 0 Å². The summed E-state index contributed by atoms with van der Waals surface area (Å²) in [5.41, 5.74) is 0. The van der Waals surface area contributed by atoms with Crippen molar-refractivity contribution >= 4 is 23.2 Å². The molecule has 0 spiro atoms. The second kappa shape index (κ2) is 5.76. The number of benzene rings is 1. The molecular formula is C12H15Cl2NO. The predicted molar refractivity (Wildman–Crippen MR) is 67.6 cm³/mol. The maximum absolute atomic E-state index is 5.91. The SMILES string of the molecule is Clc1ccc(OCC2CCNCC2)cc1Cl. The highest BCUT2D eigenvalue weighted by Crippen LogP contribution is 2.26. The van der Waals surface area contributed by atoms with Crippen molar-refractivity contribution in [3.8, 4) is 5.75 Å². The molecule has 1 fully saturated rings. The summed E-state index contributed by atoms with van der Waals surface area (Å²) in [4.78, 5) is 0. The van der Waals surface area contributed by atoms with Crippen LogP contribution in [0.5, 0.6) is 5.75 Å². The fourth-order valence-corrected chi connectivity index (χ4v) is 2.12. The molecule has 2 rings (SSSR count). The first kappa shape index (κ1) is 12.0. The minimum absolute atomic E-state index is 0.546. The van der Waals surface area contributed by atoms with Crippen LogP contribution in [-0.4, -0.2) is 19.7 Å². The molecule has 0 saturated carbocycles. The molecule has 88 valence electrons. The highest BCUT2D eigenvalue weighted by Gasteiger charge is 2.13. The molecule has 0 radical (unpaired) electrons. The van der Waals surface area contributed by atoms with E-state index in [1.807, 2.05) is 6.07 Å². The van der Waals surface area contributed by atoms with Gasteiger partial charge < -0.3 is 10.1 Å². The van der Waals surface area contributed by atoms with Crippen LogP contribution in [0.3, 0.4) is 0 Å². The molecule has 1 aliphatic heterocycles. The minimum Gasteiger partial charge on any atom is -0.493 e. The quantitative estimate of drug-likeness (QED) is 0.899. The summed E-state index contributed by atoms with van der Waals surface area (Å²) in [6.45, 7) is 2.95. The van der Waals surface area contributed by atoms with Crippen LogP contribution in [0.2, 0.25) is 10.0 Å². The predicted octanol–water partition coefficient (Wildman–Crippen LogP) is 3.37. The number of ether oxygens (including phenoxy) is 1. The van der Waals surface area contributed by atoms with Crippen LogP contribution in [0.4, 0.5) is 0 Å². The fourth-order valence-electron chi connectivity index (χ4n) is 1.83. The van der Waals surface area contributed by atoms with Crippen LogP contribution in [0.1, 0.15) is 12.8 Å². The van der Waals surface area contributed by atoms with Crippen LogP contribution in [0, 0.1) is 5.92 Å². The van der Waals surface area contributed by atoms with E-state index in [4.69, 9.17) is 27.9 Å². The fraction of sp³-hybridized carbons (Fsp3) is 0.500. The number of hydrogen-bond donors (Lipinski definition) is 1. The monoisotopic (exact) mass is 259 g/mol. The van der Waals surface area contributed by atoms with Gasteiger partial charge in [0.25, 0.3) is 0 Å². The number of nitrogens with one attached hydrogen (secondary N) is 1. The minimum atomic E-state index is 0.546. The van der Waals surface area contributed by atoms with Gasteiger partial charge in [-0.25, -0.2) is 0 Å². The Morgan fingerprint density at radius 1 is 1.19 bits per heavy atom. The normalized spacial score (nSPS) is 17.4. The van der Waals surface area contributed by atoms with Gasteiger partial charge in [-0.05, 0) is 44.0 Å². The molecule has 0 bridgehead atoms. The van der Waals surface area contributed by atoms with Gasteiger partial charge in [-0.15, -0.1) is 0 Å². The Morgan fingerprint density at radius 3 is 2.62 bits per heavy atom. The molecule has 1 aromatic rings. The lowest BCUT2D eigenvalue weighted by Crippen LogP contribution is -2.30. The van der Waals surface area contributed by atoms with Crippen molar-refractivity contribution in [1.82, 2.24) is 5.32 Å². The smallest absolute Gasteiger partial charge is 0.120 e. The molecule has 1 saturated heterocycles. The van der Waals surface area contributed by atoms with Crippen LogP contribution in [0.25, 0.3) is 0 Å². The number of halogens is 2. The van der Waals surface area contributed by atoms with E-state index in [9.17, 15) is 0 Å². The van der Waals surface area contributed by atoms with Crippen LogP contribution in [-0.2, 0) is 0 Å². The lowest BCUT2D eigenvalue weighted by atomic mass is 9.99. The van der Waals surface area contributed by atoms with Crippen molar-refractivity contribution in [2.75, 3.05) is 19.7 Å². The van der Waals surface area contributed by atoms with E-state index in [-0.39, 0.29) is 0 Å². The van der Waals surface area contributed by atoms with Crippen molar-refractivity contribution in [3.63, 3.8) is 0 Å². The van der Waals surface area contributed by atoms with Gasteiger partial charge in [0.1, 0.15) is 5.75 Å². The second-order valence-corrected chi connectivity index (χ2v) is 4.89. The Bertz CT molecular complexity index is 351. The van der Waals surface area contributed by atoms with E-state index < -0.39 is 0 Å². The third-order valence-corrected chi connectivity index (χ3v) is 3.57. The van der Waals surface area contributed by atoms with Gasteiger partial charge in [0.2, 0.25) is 0 Å². The van der Waals surface area contributed by atoms with E-state index in [1.54, 1.807) is 12.1 Å². The van der Waals surface area contributed by atoms with Crippen molar-refractivity contribution in [1.29, 1.82) is 0 Å². The van der Waals surface area contributed by atoms with Crippen LogP contribution in [0.15, 0.2) is 18.2 Å². The average Bonchev–Trinajstić information content (AvgIpc) is 2.32. The number of rotatable bonds is 3. The molecule has 16 heavy (non-hydrogen) atoms. The summed E-state index contributed by atoms with van der Waals surface area (Å²) >= 11 is 11.7. The van der Waals surface area contributed by atoms with Gasteiger partial charge in [-0.2, -0.15) is 0 Å². The Hall–Kier alpha value is -0.440. The molecule has 1 heterocycles. The molecule has 2 nitrogen and oxygen atoms in total. The van der Waals surface area contributed by atoms with Crippen molar-refractivity contribution in [2.45, 2.75) is 12.8 Å². The van der Waals surface area contributed by atoms with Crippen molar-refractivity contribution < 1.29 is 4.74 Å². The molecule has 1 aliphatic rings.